The Bertz CT molecular complexity index is 548. The van der Waals surface area contributed by atoms with Gasteiger partial charge in [-0.2, -0.15) is 0 Å². The van der Waals surface area contributed by atoms with Crippen LogP contribution in [0.4, 0.5) is 0 Å². The van der Waals surface area contributed by atoms with Gasteiger partial charge in [0.25, 0.3) is 0 Å². The second-order valence-electron chi connectivity index (χ2n) is 4.90. The largest absolute Gasteiger partial charge is 0.419 e. The van der Waals surface area contributed by atoms with Gasteiger partial charge in [0.15, 0.2) is 0 Å². The van der Waals surface area contributed by atoms with Gasteiger partial charge in [0, 0.05) is 17.8 Å². The smallest absolute Gasteiger partial charge is 0.333 e. The SMILES string of the molecule is CC(C)(O)C(C)(I)O[B]c1cnc2[nH]ccc2c1. The van der Waals surface area contributed by atoms with Crippen molar-refractivity contribution in [3.63, 3.8) is 0 Å². The Balaban J connectivity index is 2.10. The fraction of sp³-hybridized carbons (Fsp3) is 0.417. The van der Waals surface area contributed by atoms with Gasteiger partial charge in [-0.1, -0.05) is 6.07 Å². The number of H-pyrrole nitrogens is 1. The average molecular weight is 357 g/mol. The molecule has 2 aromatic rings. The molecule has 1 atom stereocenters. The Morgan fingerprint density at radius 1 is 1.44 bits per heavy atom. The molecule has 2 N–H and O–H groups in total. The molecule has 0 aliphatic heterocycles. The molecule has 0 spiro atoms. The van der Waals surface area contributed by atoms with Crippen LogP contribution in [0.2, 0.25) is 0 Å². The summed E-state index contributed by atoms with van der Waals surface area (Å²) in [6, 6.07) is 3.94. The predicted octanol–water partition coefficient (Wildman–Crippen LogP) is 1.75. The maximum atomic E-state index is 9.99. The molecule has 4 nitrogen and oxygen atoms in total. The van der Waals surface area contributed by atoms with E-state index in [1.54, 1.807) is 27.5 Å². The highest BCUT2D eigenvalue weighted by molar-refractivity contribution is 14.1. The fourth-order valence-corrected chi connectivity index (χ4v) is 1.47. The second-order valence-corrected chi connectivity index (χ2v) is 6.95. The molecule has 1 unspecified atom stereocenters. The molecule has 18 heavy (non-hydrogen) atoms. The summed E-state index contributed by atoms with van der Waals surface area (Å²) in [4.78, 5) is 7.31. The summed E-state index contributed by atoms with van der Waals surface area (Å²) in [7, 11) is 1.63. The third-order valence-electron chi connectivity index (χ3n) is 2.93. The van der Waals surface area contributed by atoms with Gasteiger partial charge in [0.05, 0.1) is 5.60 Å². The minimum atomic E-state index is -0.935. The van der Waals surface area contributed by atoms with E-state index in [1.807, 2.05) is 25.3 Å². The number of hydrogen-bond acceptors (Lipinski definition) is 3. The number of rotatable bonds is 4. The van der Waals surface area contributed by atoms with Gasteiger partial charge in [-0.15, -0.1) is 0 Å². The lowest BCUT2D eigenvalue weighted by atomic mass is 9.88. The van der Waals surface area contributed by atoms with E-state index in [0.29, 0.717) is 0 Å². The standard InChI is InChI=1S/C12H15BIN2O2/c1-11(2,17)12(3,14)18-13-9-6-8-4-5-15-10(8)16-7-9/h4-7,17H,1-3H3,(H,15,16). The van der Waals surface area contributed by atoms with Gasteiger partial charge < -0.3 is 14.7 Å². The van der Waals surface area contributed by atoms with Gasteiger partial charge in [-0.3, -0.25) is 0 Å². The summed E-state index contributed by atoms with van der Waals surface area (Å²) in [6.07, 6.45) is 3.58. The van der Waals surface area contributed by atoms with E-state index < -0.39 is 9.21 Å². The molecule has 0 aliphatic rings. The van der Waals surface area contributed by atoms with Crippen LogP contribution in [-0.2, 0) is 4.65 Å². The second kappa shape index (κ2) is 4.83. The maximum Gasteiger partial charge on any atom is 0.333 e. The Kier molecular flexibility index (Phi) is 3.71. The van der Waals surface area contributed by atoms with Gasteiger partial charge in [-0.05, 0) is 54.9 Å². The molecular weight excluding hydrogens is 342 g/mol. The summed E-state index contributed by atoms with van der Waals surface area (Å²) in [5, 5.41) is 11.0. The first kappa shape index (κ1) is 13.8. The zero-order valence-corrected chi connectivity index (χ0v) is 12.7. The van der Waals surface area contributed by atoms with E-state index in [0.717, 1.165) is 16.5 Å². The van der Waals surface area contributed by atoms with Crippen LogP contribution in [0.3, 0.4) is 0 Å². The number of fused-ring (bicyclic) bond motifs is 1. The summed E-state index contributed by atoms with van der Waals surface area (Å²) >= 11 is 2.10. The molecule has 6 heteroatoms. The van der Waals surface area contributed by atoms with Crippen LogP contribution < -0.4 is 5.46 Å². The van der Waals surface area contributed by atoms with Crippen molar-refractivity contribution in [3.05, 3.63) is 24.5 Å². The van der Waals surface area contributed by atoms with Gasteiger partial charge in [0.1, 0.15) is 9.25 Å². The molecule has 0 aliphatic carbocycles. The first-order valence-corrected chi connectivity index (χ1v) is 6.73. The third-order valence-corrected chi connectivity index (χ3v) is 4.50. The summed E-state index contributed by atoms with van der Waals surface area (Å²) in [6.45, 7) is 5.29. The van der Waals surface area contributed by atoms with E-state index in [4.69, 9.17) is 4.65 Å². The van der Waals surface area contributed by atoms with Crippen molar-refractivity contribution < 1.29 is 9.76 Å². The van der Waals surface area contributed by atoms with Crippen LogP contribution in [-0.4, -0.2) is 31.8 Å². The van der Waals surface area contributed by atoms with Crippen molar-refractivity contribution in [2.45, 2.75) is 30.0 Å². The summed E-state index contributed by atoms with van der Waals surface area (Å²) < 4.78 is 4.97. The molecule has 2 rings (SSSR count). The first-order chi connectivity index (χ1) is 8.29. The molecule has 2 aromatic heterocycles. The van der Waals surface area contributed by atoms with E-state index in [-0.39, 0.29) is 0 Å². The van der Waals surface area contributed by atoms with E-state index in [9.17, 15) is 5.11 Å². The zero-order valence-electron chi connectivity index (χ0n) is 10.6. The number of pyridine rings is 1. The lowest BCUT2D eigenvalue weighted by molar-refractivity contribution is -0.0330. The quantitative estimate of drug-likeness (QED) is 0.498. The fourth-order valence-electron chi connectivity index (χ4n) is 1.34. The van der Waals surface area contributed by atoms with Crippen molar-refractivity contribution >= 4 is 46.6 Å². The van der Waals surface area contributed by atoms with E-state index in [2.05, 4.69) is 32.6 Å². The maximum absolute atomic E-state index is 9.99. The van der Waals surface area contributed by atoms with Crippen molar-refractivity contribution in [2.24, 2.45) is 0 Å². The van der Waals surface area contributed by atoms with E-state index >= 15 is 0 Å². The van der Waals surface area contributed by atoms with Crippen LogP contribution in [0.25, 0.3) is 11.0 Å². The van der Waals surface area contributed by atoms with Crippen molar-refractivity contribution in [1.82, 2.24) is 9.97 Å². The number of aromatic nitrogens is 2. The monoisotopic (exact) mass is 357 g/mol. The lowest BCUT2D eigenvalue weighted by Gasteiger charge is -2.35. The molecule has 95 valence electrons. The number of hydrogen-bond donors (Lipinski definition) is 2. The lowest BCUT2D eigenvalue weighted by Crippen LogP contribution is -2.46. The highest BCUT2D eigenvalue weighted by Gasteiger charge is 2.37. The zero-order chi connectivity index (χ0) is 13.4. The molecule has 0 saturated heterocycles. The Hall–Kier alpha value is -0.595. The number of aromatic amines is 1. The van der Waals surface area contributed by atoms with Crippen LogP contribution >= 0.6 is 22.6 Å². The highest BCUT2D eigenvalue weighted by Crippen LogP contribution is 2.31. The number of alkyl halides is 1. The predicted molar refractivity (Wildman–Crippen MR) is 81.3 cm³/mol. The average Bonchev–Trinajstić information content (AvgIpc) is 2.71. The molecule has 0 bridgehead atoms. The first-order valence-electron chi connectivity index (χ1n) is 5.65. The van der Waals surface area contributed by atoms with Crippen LogP contribution in [0.15, 0.2) is 24.5 Å². The van der Waals surface area contributed by atoms with Crippen molar-refractivity contribution in [2.75, 3.05) is 0 Å². The van der Waals surface area contributed by atoms with Gasteiger partial charge >= 0.3 is 7.48 Å². The molecule has 0 fully saturated rings. The van der Waals surface area contributed by atoms with Crippen LogP contribution in [0.1, 0.15) is 20.8 Å². The molecule has 0 saturated carbocycles. The summed E-state index contributed by atoms with van der Waals surface area (Å²) in [5.41, 5.74) is 0.788. The minimum Gasteiger partial charge on any atom is -0.419 e. The normalized spacial score (nSPS) is 15.6. The highest BCUT2D eigenvalue weighted by atomic mass is 127. The van der Waals surface area contributed by atoms with Gasteiger partial charge in [-0.25, -0.2) is 4.98 Å². The van der Waals surface area contributed by atoms with Gasteiger partial charge in [0.2, 0.25) is 0 Å². The number of halogens is 1. The van der Waals surface area contributed by atoms with Crippen LogP contribution in [0.5, 0.6) is 0 Å². The topological polar surface area (TPSA) is 58.1 Å². The summed E-state index contributed by atoms with van der Waals surface area (Å²) in [5.74, 6) is 0. The van der Waals surface area contributed by atoms with E-state index in [1.165, 1.54) is 0 Å². The Morgan fingerprint density at radius 2 is 2.17 bits per heavy atom. The number of nitrogens with one attached hydrogen (secondary N) is 1. The molecule has 0 aromatic carbocycles. The number of nitrogens with zero attached hydrogens (tertiary/aromatic N) is 1. The molecular formula is C12H15BIN2O2. The molecule has 0 amide bonds. The number of aliphatic hydroxyl groups is 1. The molecule has 2 heterocycles. The minimum absolute atomic E-state index is 0.697. The molecule has 1 radical (unpaired) electrons. The Morgan fingerprint density at radius 3 is 2.83 bits per heavy atom. The Labute approximate surface area is 121 Å². The van der Waals surface area contributed by atoms with Crippen molar-refractivity contribution in [3.8, 4) is 0 Å². The third kappa shape index (κ3) is 2.86. The van der Waals surface area contributed by atoms with Crippen LogP contribution in [0, 0.1) is 0 Å². The van der Waals surface area contributed by atoms with Crippen molar-refractivity contribution in [1.29, 1.82) is 0 Å².